The molecule has 0 spiro atoms. The van der Waals surface area contributed by atoms with Crippen molar-refractivity contribution < 1.29 is 4.42 Å². The molecule has 0 aliphatic rings. The molecule has 0 radical (unpaired) electrons. The van der Waals surface area contributed by atoms with Crippen molar-refractivity contribution in [2.45, 2.75) is 19.6 Å². The molecule has 3 heterocycles. The summed E-state index contributed by atoms with van der Waals surface area (Å²) < 4.78 is 5.45. The predicted molar refractivity (Wildman–Crippen MR) is 78.0 cm³/mol. The summed E-state index contributed by atoms with van der Waals surface area (Å²) >= 11 is 1.68. The number of nitrogens with zero attached hydrogens (tertiary/aromatic N) is 3. The van der Waals surface area contributed by atoms with Gasteiger partial charge in [0.15, 0.2) is 0 Å². The highest BCUT2D eigenvalue weighted by molar-refractivity contribution is 7.09. The van der Waals surface area contributed by atoms with Gasteiger partial charge in [0.1, 0.15) is 10.8 Å². The molecular formula is C15H15N3OS. The molecule has 0 amide bonds. The van der Waals surface area contributed by atoms with Crippen LogP contribution in [0.5, 0.6) is 0 Å². The molecule has 0 atom stereocenters. The van der Waals surface area contributed by atoms with E-state index in [1.54, 1.807) is 23.8 Å². The fourth-order valence-corrected chi connectivity index (χ4v) is 2.72. The van der Waals surface area contributed by atoms with Gasteiger partial charge in [-0.3, -0.25) is 9.88 Å². The fraction of sp³-hybridized carbons (Fsp3) is 0.200. The Morgan fingerprint density at radius 2 is 2.10 bits per heavy atom. The van der Waals surface area contributed by atoms with Gasteiger partial charge < -0.3 is 4.42 Å². The van der Waals surface area contributed by atoms with E-state index >= 15 is 0 Å². The Morgan fingerprint density at radius 3 is 2.80 bits per heavy atom. The van der Waals surface area contributed by atoms with E-state index in [2.05, 4.69) is 20.9 Å². The predicted octanol–water partition coefficient (Wildman–Crippen LogP) is 3.33. The van der Waals surface area contributed by atoms with E-state index in [1.165, 1.54) is 5.56 Å². The molecule has 0 N–H and O–H groups in total. The van der Waals surface area contributed by atoms with E-state index in [4.69, 9.17) is 4.42 Å². The lowest BCUT2D eigenvalue weighted by atomic mass is 10.2. The molecule has 0 aliphatic heterocycles. The van der Waals surface area contributed by atoms with Crippen LogP contribution in [0, 0.1) is 0 Å². The summed E-state index contributed by atoms with van der Waals surface area (Å²) in [7, 11) is 0. The lowest BCUT2D eigenvalue weighted by molar-refractivity contribution is 0.226. The molecule has 0 fully saturated rings. The number of furan rings is 1. The zero-order chi connectivity index (χ0) is 13.6. The third-order valence-electron chi connectivity index (χ3n) is 2.93. The first-order chi connectivity index (χ1) is 9.90. The Hall–Kier alpha value is -1.98. The van der Waals surface area contributed by atoms with Crippen LogP contribution in [-0.2, 0) is 19.6 Å². The van der Waals surface area contributed by atoms with Crippen LogP contribution in [0.15, 0.2) is 58.9 Å². The van der Waals surface area contributed by atoms with Crippen LogP contribution in [-0.4, -0.2) is 14.9 Å². The molecule has 0 saturated heterocycles. The molecular weight excluding hydrogens is 270 g/mol. The van der Waals surface area contributed by atoms with E-state index in [1.807, 2.05) is 36.0 Å². The second kappa shape index (κ2) is 6.45. The third-order valence-corrected chi connectivity index (χ3v) is 3.70. The maximum atomic E-state index is 5.45. The van der Waals surface area contributed by atoms with Crippen LogP contribution in [0.25, 0.3) is 0 Å². The Kier molecular flexibility index (Phi) is 4.20. The van der Waals surface area contributed by atoms with Crippen LogP contribution in [0.2, 0.25) is 0 Å². The number of hydrogen-bond acceptors (Lipinski definition) is 5. The molecule has 3 rings (SSSR count). The van der Waals surface area contributed by atoms with Gasteiger partial charge >= 0.3 is 0 Å². The van der Waals surface area contributed by atoms with Gasteiger partial charge in [0.05, 0.1) is 19.4 Å². The highest BCUT2D eigenvalue weighted by atomic mass is 32.1. The summed E-state index contributed by atoms with van der Waals surface area (Å²) in [5.41, 5.74) is 1.19. The zero-order valence-electron chi connectivity index (χ0n) is 11.0. The molecule has 0 aromatic carbocycles. The number of rotatable bonds is 6. The third kappa shape index (κ3) is 3.53. The molecule has 0 bridgehead atoms. The van der Waals surface area contributed by atoms with Gasteiger partial charge in [-0.2, -0.15) is 0 Å². The fourth-order valence-electron chi connectivity index (χ4n) is 2.06. The maximum absolute atomic E-state index is 5.45. The lowest BCUT2D eigenvalue weighted by Gasteiger charge is -2.19. The number of aromatic nitrogens is 2. The van der Waals surface area contributed by atoms with E-state index in [-0.39, 0.29) is 0 Å². The van der Waals surface area contributed by atoms with Crippen molar-refractivity contribution in [3.05, 3.63) is 70.8 Å². The first-order valence-electron chi connectivity index (χ1n) is 6.42. The van der Waals surface area contributed by atoms with Gasteiger partial charge in [-0.1, -0.05) is 6.07 Å². The lowest BCUT2D eigenvalue weighted by Crippen LogP contribution is -2.22. The van der Waals surface area contributed by atoms with E-state index in [9.17, 15) is 0 Å². The summed E-state index contributed by atoms with van der Waals surface area (Å²) in [5.74, 6) is 0.963. The second-order valence-electron chi connectivity index (χ2n) is 4.51. The molecule has 102 valence electrons. The Bertz CT molecular complexity index is 572. The number of pyridine rings is 1. The largest absolute Gasteiger partial charge is 0.468 e. The summed E-state index contributed by atoms with van der Waals surface area (Å²) in [6, 6.07) is 7.97. The first-order valence-corrected chi connectivity index (χ1v) is 7.30. The first kappa shape index (κ1) is 13.0. The van der Waals surface area contributed by atoms with Gasteiger partial charge in [-0.15, -0.1) is 11.3 Å². The van der Waals surface area contributed by atoms with Crippen molar-refractivity contribution in [1.29, 1.82) is 0 Å². The quantitative estimate of drug-likeness (QED) is 0.696. The topological polar surface area (TPSA) is 42.2 Å². The number of thiazole rings is 1. The monoisotopic (exact) mass is 285 g/mol. The van der Waals surface area contributed by atoms with E-state index < -0.39 is 0 Å². The normalized spacial score (nSPS) is 11.1. The summed E-state index contributed by atoms with van der Waals surface area (Å²) in [4.78, 5) is 10.8. The van der Waals surface area contributed by atoms with Crippen molar-refractivity contribution >= 4 is 11.3 Å². The van der Waals surface area contributed by atoms with Crippen molar-refractivity contribution in [3.8, 4) is 0 Å². The minimum absolute atomic E-state index is 0.765. The van der Waals surface area contributed by atoms with Crippen LogP contribution in [0.3, 0.4) is 0 Å². The Labute approximate surface area is 121 Å². The van der Waals surface area contributed by atoms with Gasteiger partial charge in [-0.25, -0.2) is 4.98 Å². The van der Waals surface area contributed by atoms with Crippen LogP contribution in [0.4, 0.5) is 0 Å². The number of hydrogen-bond donors (Lipinski definition) is 0. The molecule has 0 unspecified atom stereocenters. The van der Waals surface area contributed by atoms with Crippen molar-refractivity contribution in [2.75, 3.05) is 0 Å². The summed E-state index contributed by atoms with van der Waals surface area (Å²) in [6.07, 6.45) is 7.24. The average Bonchev–Trinajstić information content (AvgIpc) is 3.13. The average molecular weight is 285 g/mol. The van der Waals surface area contributed by atoms with E-state index in [0.29, 0.717) is 0 Å². The Balaban J connectivity index is 1.72. The van der Waals surface area contributed by atoms with Crippen molar-refractivity contribution in [2.24, 2.45) is 0 Å². The molecule has 3 aromatic rings. The minimum Gasteiger partial charge on any atom is -0.468 e. The molecule has 4 nitrogen and oxygen atoms in total. The molecule has 3 aromatic heterocycles. The van der Waals surface area contributed by atoms with Gasteiger partial charge in [0.25, 0.3) is 0 Å². The van der Waals surface area contributed by atoms with Crippen LogP contribution >= 0.6 is 11.3 Å². The van der Waals surface area contributed by atoms with Crippen molar-refractivity contribution in [3.63, 3.8) is 0 Å². The highest BCUT2D eigenvalue weighted by Crippen LogP contribution is 2.15. The van der Waals surface area contributed by atoms with Crippen molar-refractivity contribution in [1.82, 2.24) is 14.9 Å². The van der Waals surface area contributed by atoms with Crippen LogP contribution < -0.4 is 0 Å². The minimum atomic E-state index is 0.765. The van der Waals surface area contributed by atoms with E-state index in [0.717, 1.165) is 30.4 Å². The van der Waals surface area contributed by atoms with Gasteiger partial charge in [0.2, 0.25) is 0 Å². The maximum Gasteiger partial charge on any atom is 0.117 e. The standard InChI is InChI=1S/C15H15N3OS/c1-3-13(9-16-5-1)10-18(11-14-4-2-7-19-14)12-15-17-6-8-20-15/h1-9H,10-12H2. The molecule has 0 aliphatic carbocycles. The SMILES string of the molecule is c1cncc(CN(Cc2ccco2)Cc2nccs2)c1. The molecule has 5 heteroatoms. The van der Waals surface area contributed by atoms with Gasteiger partial charge in [-0.05, 0) is 23.8 Å². The molecule has 0 saturated carbocycles. The highest BCUT2D eigenvalue weighted by Gasteiger charge is 2.11. The Morgan fingerprint density at radius 1 is 1.10 bits per heavy atom. The zero-order valence-corrected chi connectivity index (χ0v) is 11.8. The second-order valence-corrected chi connectivity index (χ2v) is 5.49. The smallest absolute Gasteiger partial charge is 0.117 e. The summed E-state index contributed by atoms with van der Waals surface area (Å²) in [6.45, 7) is 2.41. The van der Waals surface area contributed by atoms with Gasteiger partial charge in [0, 0.05) is 30.5 Å². The summed E-state index contributed by atoms with van der Waals surface area (Å²) in [5, 5.41) is 3.12. The van der Waals surface area contributed by atoms with Crippen LogP contribution in [0.1, 0.15) is 16.3 Å². The molecule has 20 heavy (non-hydrogen) atoms.